The highest BCUT2D eigenvalue weighted by molar-refractivity contribution is 9.10. The summed E-state index contributed by atoms with van der Waals surface area (Å²) in [5.74, 6) is 1.64. The number of hydrogen-bond acceptors (Lipinski definition) is 4. The van der Waals surface area contributed by atoms with Gasteiger partial charge in [-0.2, -0.15) is 0 Å². The Labute approximate surface area is 153 Å². The quantitative estimate of drug-likeness (QED) is 0.534. The number of nitrogens with zero attached hydrogens (tertiary/aromatic N) is 3. The molecule has 0 fully saturated rings. The zero-order chi connectivity index (χ0) is 17.2. The molecule has 6 heteroatoms. The number of ether oxygens (including phenoxy) is 1. The molecule has 0 spiro atoms. The highest BCUT2D eigenvalue weighted by atomic mass is 79.9. The van der Waals surface area contributed by atoms with E-state index in [0.717, 1.165) is 38.6 Å². The number of methoxy groups -OCH3 is 1. The van der Waals surface area contributed by atoms with Gasteiger partial charge in [-0.05, 0) is 24.3 Å². The minimum Gasteiger partial charge on any atom is -0.495 e. The van der Waals surface area contributed by atoms with Gasteiger partial charge in [0, 0.05) is 22.4 Å². The first-order valence-electron chi connectivity index (χ1n) is 7.74. The molecule has 1 N–H and O–H groups in total. The van der Waals surface area contributed by atoms with Crippen molar-refractivity contribution in [2.75, 3.05) is 12.4 Å². The number of para-hydroxylation sites is 2. The molecule has 0 bridgehead atoms. The normalized spacial score (nSPS) is 10.8. The Kier molecular flexibility index (Phi) is 4.11. The topological polar surface area (TPSA) is 51.5 Å². The second kappa shape index (κ2) is 6.57. The average molecular weight is 395 g/mol. The van der Waals surface area contributed by atoms with Gasteiger partial charge >= 0.3 is 0 Å². The van der Waals surface area contributed by atoms with E-state index in [1.54, 1.807) is 19.5 Å². The SMILES string of the molecule is COc1ccccc1Nc1c(-c2ccc(Br)cc2)nc2cnccn12. The summed E-state index contributed by atoms with van der Waals surface area (Å²) in [4.78, 5) is 8.92. The number of halogens is 1. The third kappa shape index (κ3) is 2.96. The average Bonchev–Trinajstić information content (AvgIpc) is 3.01. The van der Waals surface area contributed by atoms with Crippen molar-refractivity contribution in [1.82, 2.24) is 14.4 Å². The largest absolute Gasteiger partial charge is 0.495 e. The van der Waals surface area contributed by atoms with Crippen molar-refractivity contribution >= 4 is 33.1 Å². The van der Waals surface area contributed by atoms with Crippen molar-refractivity contribution in [3.05, 3.63) is 71.6 Å². The lowest BCUT2D eigenvalue weighted by Crippen LogP contribution is -1.99. The number of nitrogens with one attached hydrogen (secondary N) is 1. The fourth-order valence-corrected chi connectivity index (χ4v) is 2.98. The summed E-state index contributed by atoms with van der Waals surface area (Å²) < 4.78 is 8.47. The van der Waals surface area contributed by atoms with Crippen molar-refractivity contribution in [1.29, 1.82) is 0 Å². The van der Waals surface area contributed by atoms with Crippen LogP contribution in [0, 0.1) is 0 Å². The molecule has 25 heavy (non-hydrogen) atoms. The molecule has 5 nitrogen and oxygen atoms in total. The molecule has 0 radical (unpaired) electrons. The van der Waals surface area contributed by atoms with Crippen LogP contribution in [0.15, 0.2) is 71.6 Å². The van der Waals surface area contributed by atoms with Gasteiger partial charge in [0.15, 0.2) is 5.65 Å². The fourth-order valence-electron chi connectivity index (χ4n) is 2.71. The molecular formula is C19H15BrN4O. The van der Waals surface area contributed by atoms with Gasteiger partial charge in [-0.15, -0.1) is 0 Å². The predicted octanol–water partition coefficient (Wildman–Crippen LogP) is 4.91. The summed E-state index contributed by atoms with van der Waals surface area (Å²) in [5.41, 5.74) is 3.52. The second-order valence-corrected chi connectivity index (χ2v) is 6.36. The van der Waals surface area contributed by atoms with E-state index in [9.17, 15) is 0 Å². The summed E-state index contributed by atoms with van der Waals surface area (Å²) >= 11 is 3.48. The van der Waals surface area contributed by atoms with Crippen molar-refractivity contribution in [3.63, 3.8) is 0 Å². The Morgan fingerprint density at radius 2 is 1.88 bits per heavy atom. The van der Waals surface area contributed by atoms with Gasteiger partial charge in [0.1, 0.15) is 17.3 Å². The lowest BCUT2D eigenvalue weighted by molar-refractivity contribution is 0.417. The summed E-state index contributed by atoms with van der Waals surface area (Å²) in [6, 6.07) is 15.9. The maximum Gasteiger partial charge on any atom is 0.157 e. The zero-order valence-electron chi connectivity index (χ0n) is 13.5. The van der Waals surface area contributed by atoms with E-state index in [1.165, 1.54) is 0 Å². The van der Waals surface area contributed by atoms with Gasteiger partial charge in [0.2, 0.25) is 0 Å². The number of aromatic nitrogens is 3. The molecule has 0 aliphatic carbocycles. The standard InChI is InChI=1S/C19H15BrN4O/c1-25-16-5-3-2-4-15(16)22-19-18(13-6-8-14(20)9-7-13)23-17-12-21-10-11-24(17)19/h2-12,22H,1H3. The second-order valence-electron chi connectivity index (χ2n) is 5.45. The molecule has 0 aliphatic rings. The van der Waals surface area contributed by atoms with E-state index in [-0.39, 0.29) is 0 Å². The number of imidazole rings is 1. The molecule has 2 aromatic heterocycles. The number of rotatable bonds is 4. The number of anilines is 2. The van der Waals surface area contributed by atoms with Crippen molar-refractivity contribution in [2.45, 2.75) is 0 Å². The molecule has 0 saturated heterocycles. The highest BCUT2D eigenvalue weighted by Gasteiger charge is 2.15. The Hall–Kier alpha value is -2.86. The molecule has 0 atom stereocenters. The molecule has 124 valence electrons. The first-order chi connectivity index (χ1) is 12.3. The molecule has 0 unspecified atom stereocenters. The fraction of sp³-hybridized carbons (Fsp3) is 0.0526. The van der Waals surface area contributed by atoms with E-state index in [2.05, 4.69) is 26.2 Å². The first-order valence-corrected chi connectivity index (χ1v) is 8.53. The smallest absolute Gasteiger partial charge is 0.157 e. The third-order valence-corrected chi connectivity index (χ3v) is 4.44. The Balaban J connectivity index is 1.89. The lowest BCUT2D eigenvalue weighted by Gasteiger charge is -2.12. The van der Waals surface area contributed by atoms with E-state index >= 15 is 0 Å². The van der Waals surface area contributed by atoms with Crippen LogP contribution in [0.2, 0.25) is 0 Å². The lowest BCUT2D eigenvalue weighted by atomic mass is 10.1. The van der Waals surface area contributed by atoms with Crippen molar-refractivity contribution < 1.29 is 4.74 Å². The van der Waals surface area contributed by atoms with Crippen LogP contribution in [-0.4, -0.2) is 21.5 Å². The zero-order valence-corrected chi connectivity index (χ0v) is 15.1. The minimum absolute atomic E-state index is 0.772. The van der Waals surface area contributed by atoms with Crippen LogP contribution in [0.3, 0.4) is 0 Å². The van der Waals surface area contributed by atoms with Gasteiger partial charge < -0.3 is 10.1 Å². The minimum atomic E-state index is 0.772. The molecule has 4 rings (SSSR count). The number of fused-ring (bicyclic) bond motifs is 1. The predicted molar refractivity (Wildman–Crippen MR) is 102 cm³/mol. The van der Waals surface area contributed by atoms with Gasteiger partial charge in [-0.1, -0.05) is 40.2 Å². The van der Waals surface area contributed by atoms with E-state index in [4.69, 9.17) is 9.72 Å². The summed E-state index contributed by atoms with van der Waals surface area (Å²) in [6.45, 7) is 0. The molecule has 0 saturated carbocycles. The first kappa shape index (κ1) is 15.7. The molecular weight excluding hydrogens is 380 g/mol. The highest BCUT2D eigenvalue weighted by Crippen LogP contribution is 2.34. The molecule has 0 aliphatic heterocycles. The van der Waals surface area contributed by atoms with Crippen LogP contribution < -0.4 is 10.1 Å². The van der Waals surface area contributed by atoms with Crippen LogP contribution in [0.1, 0.15) is 0 Å². The van der Waals surface area contributed by atoms with Gasteiger partial charge in [-0.3, -0.25) is 9.38 Å². The van der Waals surface area contributed by atoms with Gasteiger partial charge in [0.25, 0.3) is 0 Å². The van der Waals surface area contributed by atoms with Gasteiger partial charge in [0.05, 0.1) is 19.0 Å². The summed E-state index contributed by atoms with van der Waals surface area (Å²) in [5, 5.41) is 3.46. The molecule has 2 heterocycles. The van der Waals surface area contributed by atoms with Crippen LogP contribution in [0.25, 0.3) is 16.9 Å². The maximum atomic E-state index is 5.46. The van der Waals surface area contributed by atoms with Crippen LogP contribution in [0.5, 0.6) is 5.75 Å². The monoisotopic (exact) mass is 394 g/mol. The van der Waals surface area contributed by atoms with Gasteiger partial charge in [-0.25, -0.2) is 4.98 Å². The summed E-state index contributed by atoms with van der Waals surface area (Å²) in [6.07, 6.45) is 5.38. The Bertz CT molecular complexity index is 1030. The Morgan fingerprint density at radius 1 is 1.08 bits per heavy atom. The van der Waals surface area contributed by atoms with Crippen LogP contribution in [-0.2, 0) is 0 Å². The Morgan fingerprint density at radius 3 is 2.68 bits per heavy atom. The van der Waals surface area contributed by atoms with E-state index < -0.39 is 0 Å². The molecule has 2 aromatic carbocycles. The van der Waals surface area contributed by atoms with Crippen molar-refractivity contribution in [3.8, 4) is 17.0 Å². The number of hydrogen-bond donors (Lipinski definition) is 1. The van der Waals surface area contributed by atoms with Crippen LogP contribution in [0.4, 0.5) is 11.5 Å². The van der Waals surface area contributed by atoms with E-state index in [1.807, 2.05) is 59.1 Å². The molecule has 0 amide bonds. The molecule has 4 aromatic rings. The van der Waals surface area contributed by atoms with Crippen molar-refractivity contribution in [2.24, 2.45) is 0 Å². The number of benzene rings is 2. The van der Waals surface area contributed by atoms with Crippen LogP contribution >= 0.6 is 15.9 Å². The third-order valence-electron chi connectivity index (χ3n) is 3.91. The van der Waals surface area contributed by atoms with E-state index in [0.29, 0.717) is 0 Å². The summed E-state index contributed by atoms with van der Waals surface area (Å²) in [7, 11) is 1.66. The maximum absolute atomic E-state index is 5.46.